The standard InChI is InChI=1S/C26H33N5O/c1-30(23-11-4-2-5-12-23)20-21-10-8-9-15-25(21)28-26(32)27-18-16-22-17-19-31(29-22)24-13-6-3-7-14-24/h3,6-10,13-15,17,19,23H,2,4-5,11-12,16,18,20H2,1H3,(H2,27,28,32). The third kappa shape index (κ3) is 5.98. The number of carbonyl (C=O) groups excluding carboxylic acids is 1. The van der Waals surface area contributed by atoms with E-state index in [0.29, 0.717) is 19.0 Å². The molecule has 0 spiro atoms. The van der Waals surface area contributed by atoms with Crippen molar-refractivity contribution in [1.29, 1.82) is 0 Å². The molecule has 2 aromatic carbocycles. The summed E-state index contributed by atoms with van der Waals surface area (Å²) in [5.74, 6) is 0. The van der Waals surface area contributed by atoms with Crippen molar-refractivity contribution in [2.75, 3.05) is 18.9 Å². The van der Waals surface area contributed by atoms with Gasteiger partial charge in [0, 0.05) is 37.4 Å². The van der Waals surface area contributed by atoms with E-state index < -0.39 is 0 Å². The normalized spacial score (nSPS) is 14.4. The second kappa shape index (κ2) is 11.0. The highest BCUT2D eigenvalue weighted by Gasteiger charge is 2.19. The number of urea groups is 1. The zero-order valence-electron chi connectivity index (χ0n) is 18.8. The van der Waals surface area contributed by atoms with Crippen molar-refractivity contribution < 1.29 is 4.79 Å². The maximum Gasteiger partial charge on any atom is 0.319 e. The van der Waals surface area contributed by atoms with Gasteiger partial charge in [0.25, 0.3) is 0 Å². The van der Waals surface area contributed by atoms with Crippen LogP contribution in [0, 0.1) is 0 Å². The molecule has 2 N–H and O–H groups in total. The lowest BCUT2D eigenvalue weighted by Gasteiger charge is -2.31. The van der Waals surface area contributed by atoms with Crippen LogP contribution in [0.2, 0.25) is 0 Å². The van der Waals surface area contributed by atoms with Gasteiger partial charge in [-0.3, -0.25) is 4.90 Å². The van der Waals surface area contributed by atoms with Crippen molar-refractivity contribution in [1.82, 2.24) is 20.0 Å². The number of anilines is 1. The predicted molar refractivity (Wildman–Crippen MR) is 129 cm³/mol. The molecule has 4 rings (SSSR count). The zero-order chi connectivity index (χ0) is 22.2. The van der Waals surface area contributed by atoms with Crippen molar-refractivity contribution in [2.24, 2.45) is 0 Å². The number of hydrogen-bond donors (Lipinski definition) is 2. The van der Waals surface area contributed by atoms with Crippen LogP contribution in [0.1, 0.15) is 43.4 Å². The van der Waals surface area contributed by atoms with Crippen LogP contribution in [-0.4, -0.2) is 40.3 Å². The largest absolute Gasteiger partial charge is 0.337 e. The van der Waals surface area contributed by atoms with Crippen molar-refractivity contribution in [2.45, 2.75) is 51.1 Å². The Morgan fingerprint density at radius 3 is 2.59 bits per heavy atom. The number of nitrogens with one attached hydrogen (secondary N) is 2. The predicted octanol–water partition coefficient (Wildman–Crippen LogP) is 5.00. The maximum absolute atomic E-state index is 12.5. The number of para-hydroxylation sites is 2. The van der Waals surface area contributed by atoms with E-state index in [2.05, 4.69) is 33.7 Å². The van der Waals surface area contributed by atoms with E-state index in [0.717, 1.165) is 29.2 Å². The van der Waals surface area contributed by atoms with Gasteiger partial charge in [-0.1, -0.05) is 55.7 Å². The van der Waals surface area contributed by atoms with Crippen LogP contribution in [0.3, 0.4) is 0 Å². The molecule has 0 saturated heterocycles. The van der Waals surface area contributed by atoms with Crippen molar-refractivity contribution >= 4 is 11.7 Å². The summed E-state index contributed by atoms with van der Waals surface area (Å²) in [6.45, 7) is 1.37. The van der Waals surface area contributed by atoms with E-state index in [1.165, 1.54) is 32.1 Å². The first-order valence-corrected chi connectivity index (χ1v) is 11.6. The van der Waals surface area contributed by atoms with Gasteiger partial charge in [-0.2, -0.15) is 5.10 Å². The molecule has 1 aliphatic carbocycles. The Morgan fingerprint density at radius 2 is 1.78 bits per heavy atom. The van der Waals surface area contributed by atoms with E-state index in [1.54, 1.807) is 0 Å². The van der Waals surface area contributed by atoms with Crippen LogP contribution < -0.4 is 10.6 Å². The average Bonchev–Trinajstić information content (AvgIpc) is 3.30. The number of rotatable bonds is 8. The summed E-state index contributed by atoms with van der Waals surface area (Å²) in [5.41, 5.74) is 4.00. The molecular formula is C26H33N5O. The number of hydrogen-bond acceptors (Lipinski definition) is 3. The highest BCUT2D eigenvalue weighted by Crippen LogP contribution is 2.24. The Kier molecular flexibility index (Phi) is 7.56. The molecule has 168 valence electrons. The summed E-state index contributed by atoms with van der Waals surface area (Å²) < 4.78 is 1.86. The highest BCUT2D eigenvalue weighted by atomic mass is 16.2. The monoisotopic (exact) mass is 431 g/mol. The quantitative estimate of drug-likeness (QED) is 0.528. The lowest BCUT2D eigenvalue weighted by molar-refractivity contribution is 0.185. The molecule has 3 aromatic rings. The fraction of sp³-hybridized carbons (Fsp3) is 0.385. The van der Waals surface area contributed by atoms with Crippen molar-refractivity contribution in [3.8, 4) is 5.69 Å². The van der Waals surface area contributed by atoms with Crippen molar-refractivity contribution in [3.05, 3.63) is 78.1 Å². The topological polar surface area (TPSA) is 62.2 Å². The summed E-state index contributed by atoms with van der Waals surface area (Å²) in [6.07, 6.45) is 9.17. The van der Waals surface area contributed by atoms with Crippen LogP contribution >= 0.6 is 0 Å². The van der Waals surface area contributed by atoms with Gasteiger partial charge >= 0.3 is 6.03 Å². The van der Waals surface area contributed by atoms with Gasteiger partial charge in [-0.25, -0.2) is 9.48 Å². The first kappa shape index (κ1) is 22.1. The van der Waals surface area contributed by atoms with Crippen LogP contribution in [0.4, 0.5) is 10.5 Å². The molecule has 1 fully saturated rings. The van der Waals surface area contributed by atoms with E-state index in [1.807, 2.05) is 65.5 Å². The van der Waals surface area contributed by atoms with Gasteiger partial charge in [-0.15, -0.1) is 0 Å². The van der Waals surface area contributed by atoms with E-state index in [9.17, 15) is 4.79 Å². The summed E-state index contributed by atoms with van der Waals surface area (Å²) in [6, 6.07) is 20.5. The minimum atomic E-state index is -0.180. The molecule has 0 unspecified atom stereocenters. The van der Waals surface area contributed by atoms with Gasteiger partial charge in [0.05, 0.1) is 11.4 Å². The third-order valence-corrected chi connectivity index (χ3v) is 6.22. The van der Waals surface area contributed by atoms with E-state index >= 15 is 0 Å². The zero-order valence-corrected chi connectivity index (χ0v) is 18.8. The lowest BCUT2D eigenvalue weighted by Crippen LogP contribution is -2.34. The van der Waals surface area contributed by atoms with Gasteiger partial charge in [0.2, 0.25) is 0 Å². The maximum atomic E-state index is 12.5. The van der Waals surface area contributed by atoms with E-state index in [4.69, 9.17) is 0 Å². The minimum absolute atomic E-state index is 0.180. The summed E-state index contributed by atoms with van der Waals surface area (Å²) >= 11 is 0. The SMILES string of the molecule is CN(Cc1ccccc1NC(=O)NCCc1ccn(-c2ccccc2)n1)C1CCCCC1. The van der Waals surface area contributed by atoms with Gasteiger partial charge < -0.3 is 10.6 Å². The first-order valence-electron chi connectivity index (χ1n) is 11.6. The van der Waals surface area contributed by atoms with Crippen LogP contribution in [-0.2, 0) is 13.0 Å². The molecular weight excluding hydrogens is 398 g/mol. The van der Waals surface area contributed by atoms with Crippen LogP contribution in [0.15, 0.2) is 66.9 Å². The van der Waals surface area contributed by atoms with E-state index in [-0.39, 0.29) is 6.03 Å². The Balaban J connectivity index is 1.27. The second-order valence-corrected chi connectivity index (χ2v) is 8.58. The molecule has 1 aliphatic rings. The number of benzene rings is 2. The summed E-state index contributed by atoms with van der Waals surface area (Å²) in [4.78, 5) is 14.9. The van der Waals surface area contributed by atoms with Gasteiger partial charge in [-0.05, 0) is 49.7 Å². The number of carbonyl (C=O) groups is 1. The molecule has 0 atom stereocenters. The smallest absolute Gasteiger partial charge is 0.319 e. The Hall–Kier alpha value is -3.12. The number of nitrogens with zero attached hydrogens (tertiary/aromatic N) is 3. The highest BCUT2D eigenvalue weighted by molar-refractivity contribution is 5.90. The summed E-state index contributed by atoms with van der Waals surface area (Å²) in [7, 11) is 2.20. The molecule has 6 nitrogen and oxygen atoms in total. The molecule has 0 bridgehead atoms. The average molecular weight is 432 g/mol. The molecule has 1 aromatic heterocycles. The second-order valence-electron chi connectivity index (χ2n) is 8.58. The summed E-state index contributed by atoms with van der Waals surface area (Å²) in [5, 5.41) is 10.6. The van der Waals surface area contributed by atoms with Gasteiger partial charge in [0.15, 0.2) is 0 Å². The first-order chi connectivity index (χ1) is 15.7. The number of amides is 2. The Labute approximate surface area is 190 Å². The Bertz CT molecular complexity index is 994. The molecule has 0 aliphatic heterocycles. The molecule has 0 radical (unpaired) electrons. The molecule has 1 saturated carbocycles. The number of aromatic nitrogens is 2. The fourth-order valence-corrected chi connectivity index (χ4v) is 4.39. The molecule has 2 amide bonds. The van der Waals surface area contributed by atoms with Gasteiger partial charge in [0.1, 0.15) is 0 Å². The fourth-order valence-electron chi connectivity index (χ4n) is 4.39. The molecule has 6 heteroatoms. The third-order valence-electron chi connectivity index (χ3n) is 6.22. The molecule has 32 heavy (non-hydrogen) atoms. The van der Waals surface area contributed by atoms with Crippen LogP contribution in [0.5, 0.6) is 0 Å². The van der Waals surface area contributed by atoms with Crippen LogP contribution in [0.25, 0.3) is 5.69 Å². The van der Waals surface area contributed by atoms with Crippen molar-refractivity contribution in [3.63, 3.8) is 0 Å². The lowest BCUT2D eigenvalue weighted by atomic mass is 9.94. The molecule has 1 heterocycles. The minimum Gasteiger partial charge on any atom is -0.337 e. The Morgan fingerprint density at radius 1 is 1.03 bits per heavy atom.